The summed E-state index contributed by atoms with van der Waals surface area (Å²) in [5.74, 6) is -0.300. The zero-order valence-electron chi connectivity index (χ0n) is 17.8. The van der Waals surface area contributed by atoms with Gasteiger partial charge in [0.05, 0.1) is 5.75 Å². The molecule has 0 radical (unpaired) electrons. The van der Waals surface area contributed by atoms with Crippen LogP contribution in [-0.2, 0) is 9.59 Å². The van der Waals surface area contributed by atoms with Crippen LogP contribution in [0.3, 0.4) is 0 Å². The fraction of sp³-hybridized carbons (Fsp3) is 0.455. The highest BCUT2D eigenvalue weighted by Crippen LogP contribution is 2.33. The molecule has 1 saturated heterocycles. The molecule has 2 aromatic rings. The van der Waals surface area contributed by atoms with Crippen molar-refractivity contribution in [1.29, 1.82) is 0 Å². The molecule has 2 N–H and O–H groups in total. The molecule has 8 nitrogen and oxygen atoms in total. The molecule has 0 bridgehead atoms. The Kier molecular flexibility index (Phi) is 6.04. The SMILES string of the molecule is CC(C)c1ccc(-n2ccnc2SCC(=O)NN2C(=O)NC3(CCCCC3)C2=O)cc1. The van der Waals surface area contributed by atoms with Crippen molar-refractivity contribution < 1.29 is 14.4 Å². The molecule has 31 heavy (non-hydrogen) atoms. The number of carbonyl (C=O) groups excluding carboxylic acids is 3. The molecule has 1 spiro atoms. The van der Waals surface area contributed by atoms with E-state index in [1.54, 1.807) is 6.20 Å². The summed E-state index contributed by atoms with van der Waals surface area (Å²) < 4.78 is 1.91. The number of aromatic nitrogens is 2. The molecule has 2 heterocycles. The lowest BCUT2D eigenvalue weighted by atomic mass is 9.82. The number of urea groups is 1. The number of thioether (sulfide) groups is 1. The first-order chi connectivity index (χ1) is 14.9. The highest BCUT2D eigenvalue weighted by atomic mass is 32.2. The van der Waals surface area contributed by atoms with Crippen molar-refractivity contribution >= 4 is 29.6 Å². The molecule has 2 aliphatic rings. The van der Waals surface area contributed by atoms with Gasteiger partial charge in [0.25, 0.3) is 5.91 Å². The van der Waals surface area contributed by atoms with E-state index in [0.717, 1.165) is 30.0 Å². The van der Waals surface area contributed by atoms with Gasteiger partial charge in [-0.05, 0) is 36.5 Å². The second-order valence-electron chi connectivity index (χ2n) is 8.36. The minimum Gasteiger partial charge on any atom is -0.322 e. The van der Waals surface area contributed by atoms with Crippen LogP contribution in [0.5, 0.6) is 0 Å². The fourth-order valence-corrected chi connectivity index (χ4v) is 4.88. The highest BCUT2D eigenvalue weighted by Gasteiger charge is 2.52. The number of imidazole rings is 1. The molecule has 1 saturated carbocycles. The van der Waals surface area contributed by atoms with Gasteiger partial charge in [0.2, 0.25) is 5.91 Å². The summed E-state index contributed by atoms with van der Waals surface area (Å²) in [5, 5.41) is 4.29. The van der Waals surface area contributed by atoms with Gasteiger partial charge in [0.15, 0.2) is 5.16 Å². The Morgan fingerprint density at radius 1 is 1.19 bits per heavy atom. The first kappa shape index (κ1) is 21.4. The summed E-state index contributed by atoms with van der Waals surface area (Å²) in [5.41, 5.74) is 3.82. The Morgan fingerprint density at radius 2 is 1.90 bits per heavy atom. The van der Waals surface area contributed by atoms with E-state index in [1.807, 2.05) is 22.9 Å². The molecular formula is C22H27N5O3S. The average molecular weight is 442 g/mol. The molecule has 1 aromatic carbocycles. The van der Waals surface area contributed by atoms with Crippen LogP contribution in [0.4, 0.5) is 4.79 Å². The van der Waals surface area contributed by atoms with Crippen molar-refractivity contribution in [3.05, 3.63) is 42.2 Å². The van der Waals surface area contributed by atoms with Crippen LogP contribution in [0.1, 0.15) is 57.4 Å². The van der Waals surface area contributed by atoms with Crippen molar-refractivity contribution in [2.24, 2.45) is 0 Å². The monoisotopic (exact) mass is 441 g/mol. The molecule has 1 aliphatic heterocycles. The number of rotatable bonds is 6. The molecular weight excluding hydrogens is 414 g/mol. The quantitative estimate of drug-likeness (QED) is 0.529. The van der Waals surface area contributed by atoms with Crippen LogP contribution in [0.25, 0.3) is 5.69 Å². The largest absolute Gasteiger partial charge is 0.344 e. The average Bonchev–Trinajstić information content (AvgIpc) is 3.32. The number of hydrazine groups is 1. The number of amides is 4. The lowest BCUT2D eigenvalue weighted by molar-refractivity contribution is -0.139. The molecule has 4 amide bonds. The van der Waals surface area contributed by atoms with Gasteiger partial charge in [-0.1, -0.05) is 57.0 Å². The molecule has 1 aromatic heterocycles. The second-order valence-corrected chi connectivity index (χ2v) is 9.31. The summed E-state index contributed by atoms with van der Waals surface area (Å²) in [6, 6.07) is 7.66. The molecule has 164 valence electrons. The van der Waals surface area contributed by atoms with Crippen molar-refractivity contribution in [1.82, 2.24) is 25.3 Å². The predicted octanol–water partition coefficient (Wildman–Crippen LogP) is 3.37. The van der Waals surface area contributed by atoms with Gasteiger partial charge in [-0.3, -0.25) is 19.6 Å². The maximum Gasteiger partial charge on any atom is 0.344 e. The van der Waals surface area contributed by atoms with Crippen LogP contribution < -0.4 is 10.7 Å². The van der Waals surface area contributed by atoms with Crippen LogP contribution in [-0.4, -0.2) is 43.7 Å². The normalized spacial score (nSPS) is 18.0. The Labute approximate surface area is 185 Å². The number of imide groups is 1. The molecule has 2 fully saturated rings. The molecule has 0 atom stereocenters. The van der Waals surface area contributed by atoms with Crippen molar-refractivity contribution in [3.63, 3.8) is 0 Å². The van der Waals surface area contributed by atoms with Gasteiger partial charge in [-0.15, -0.1) is 0 Å². The van der Waals surface area contributed by atoms with E-state index < -0.39 is 17.5 Å². The first-order valence-electron chi connectivity index (χ1n) is 10.6. The predicted molar refractivity (Wildman–Crippen MR) is 118 cm³/mol. The minimum atomic E-state index is -0.853. The van der Waals surface area contributed by atoms with Gasteiger partial charge in [0, 0.05) is 18.1 Å². The zero-order chi connectivity index (χ0) is 22.0. The van der Waals surface area contributed by atoms with Crippen LogP contribution >= 0.6 is 11.8 Å². The summed E-state index contributed by atoms with van der Waals surface area (Å²) in [4.78, 5) is 41.9. The van der Waals surface area contributed by atoms with Crippen molar-refractivity contribution in [2.45, 2.75) is 62.6 Å². The molecule has 0 unspecified atom stereocenters. The second kappa shape index (κ2) is 8.74. The third-order valence-corrected chi connectivity index (χ3v) is 6.85. The molecule has 1 aliphatic carbocycles. The number of nitrogens with zero attached hydrogens (tertiary/aromatic N) is 3. The number of carbonyl (C=O) groups is 3. The maximum atomic E-state index is 12.8. The first-order valence-corrected chi connectivity index (χ1v) is 11.6. The van der Waals surface area contributed by atoms with E-state index in [9.17, 15) is 14.4 Å². The van der Waals surface area contributed by atoms with E-state index in [4.69, 9.17) is 0 Å². The molecule has 4 rings (SSSR count). The summed E-state index contributed by atoms with van der Waals surface area (Å²) >= 11 is 1.25. The van der Waals surface area contributed by atoms with Crippen LogP contribution in [0, 0.1) is 0 Å². The number of hydrogen-bond donors (Lipinski definition) is 2. The van der Waals surface area contributed by atoms with Crippen molar-refractivity contribution in [2.75, 3.05) is 5.75 Å². The third kappa shape index (κ3) is 4.32. The Hall–Kier alpha value is -2.81. The highest BCUT2D eigenvalue weighted by molar-refractivity contribution is 7.99. The number of benzene rings is 1. The Morgan fingerprint density at radius 3 is 2.58 bits per heavy atom. The van der Waals surface area contributed by atoms with E-state index in [2.05, 4.69) is 41.7 Å². The fourth-order valence-electron chi connectivity index (χ4n) is 4.12. The lowest BCUT2D eigenvalue weighted by Crippen LogP contribution is -2.51. The Bertz CT molecular complexity index is 979. The van der Waals surface area contributed by atoms with E-state index >= 15 is 0 Å². The maximum absolute atomic E-state index is 12.8. The van der Waals surface area contributed by atoms with E-state index in [0.29, 0.717) is 23.9 Å². The smallest absolute Gasteiger partial charge is 0.322 e. The van der Waals surface area contributed by atoms with Gasteiger partial charge >= 0.3 is 6.03 Å². The van der Waals surface area contributed by atoms with Crippen LogP contribution in [0.15, 0.2) is 41.8 Å². The van der Waals surface area contributed by atoms with Gasteiger partial charge in [0.1, 0.15) is 5.54 Å². The number of nitrogens with one attached hydrogen (secondary N) is 2. The topological polar surface area (TPSA) is 96.3 Å². The third-order valence-electron chi connectivity index (χ3n) is 5.88. The minimum absolute atomic E-state index is 0.0329. The van der Waals surface area contributed by atoms with E-state index in [-0.39, 0.29) is 11.7 Å². The lowest BCUT2D eigenvalue weighted by Gasteiger charge is -2.30. The van der Waals surface area contributed by atoms with Crippen LogP contribution in [0.2, 0.25) is 0 Å². The molecule has 9 heteroatoms. The standard InChI is InChI=1S/C22H27N5O3S/c1-15(2)16-6-8-17(9-7-16)26-13-12-23-21(26)31-14-18(28)25-27-19(29)22(24-20(27)30)10-4-3-5-11-22/h6-9,12-13,15H,3-5,10-11,14H2,1-2H3,(H,24,30)(H,25,28). The summed E-state index contributed by atoms with van der Waals surface area (Å²) in [6.45, 7) is 4.29. The van der Waals surface area contributed by atoms with Crippen molar-refractivity contribution in [3.8, 4) is 5.69 Å². The van der Waals surface area contributed by atoms with Gasteiger partial charge < -0.3 is 5.32 Å². The summed E-state index contributed by atoms with van der Waals surface area (Å²) in [6.07, 6.45) is 7.60. The number of hydrogen-bond acceptors (Lipinski definition) is 5. The zero-order valence-corrected chi connectivity index (χ0v) is 18.6. The van der Waals surface area contributed by atoms with E-state index in [1.165, 1.54) is 17.3 Å². The van der Waals surface area contributed by atoms with Gasteiger partial charge in [-0.2, -0.15) is 5.01 Å². The Balaban J connectivity index is 1.37. The van der Waals surface area contributed by atoms with Gasteiger partial charge in [-0.25, -0.2) is 9.78 Å². The summed E-state index contributed by atoms with van der Waals surface area (Å²) in [7, 11) is 0.